The molecule has 5 rings (SSSR count). The van der Waals surface area contributed by atoms with Gasteiger partial charge >= 0.3 is 5.97 Å². The third-order valence-electron chi connectivity index (χ3n) is 4.64. The summed E-state index contributed by atoms with van der Waals surface area (Å²) in [7, 11) is 0. The van der Waals surface area contributed by atoms with Gasteiger partial charge in [-0.2, -0.15) is 0 Å². The quantitative estimate of drug-likeness (QED) is 0.396. The van der Waals surface area contributed by atoms with Crippen molar-refractivity contribution in [3.8, 4) is 11.1 Å². The maximum absolute atomic E-state index is 11.9. The zero-order chi connectivity index (χ0) is 18.5. The smallest absolute Gasteiger partial charge is 0.338 e. The number of carbonyl (C=O) groups is 2. The number of carbonyl (C=O) groups excluding carboxylic acids is 2. The summed E-state index contributed by atoms with van der Waals surface area (Å²) in [6.45, 7) is 0.320. The van der Waals surface area contributed by atoms with Crippen LogP contribution in [0, 0.1) is 0 Å². The van der Waals surface area contributed by atoms with Gasteiger partial charge in [0.05, 0.1) is 5.56 Å². The molecule has 2 N–H and O–H groups in total. The standard InChI is InChI=1S/C20H12N2O3S2/c23-18-16(21-20(26)22-18)7-13-9-27-17-4-2-11(6-15(13)17)10-1-3-14-12(5-10)8-25-19(14)24/h1-7,9H,8H2,(H2,21,22,23,26)/b16-7-. The number of rotatable bonds is 2. The van der Waals surface area contributed by atoms with Crippen molar-refractivity contribution >= 4 is 56.7 Å². The first-order valence-corrected chi connectivity index (χ1v) is 9.53. The van der Waals surface area contributed by atoms with Gasteiger partial charge in [-0.3, -0.25) is 10.1 Å². The van der Waals surface area contributed by atoms with E-state index in [4.69, 9.17) is 17.0 Å². The minimum absolute atomic E-state index is 0.223. The Kier molecular flexibility index (Phi) is 3.60. The van der Waals surface area contributed by atoms with Gasteiger partial charge in [0.2, 0.25) is 0 Å². The van der Waals surface area contributed by atoms with Crippen molar-refractivity contribution in [2.75, 3.05) is 0 Å². The molecule has 3 heterocycles. The Labute approximate surface area is 163 Å². The van der Waals surface area contributed by atoms with Crippen LogP contribution in [0.4, 0.5) is 0 Å². The molecule has 3 aromatic rings. The summed E-state index contributed by atoms with van der Waals surface area (Å²) in [5.74, 6) is -0.488. The van der Waals surface area contributed by atoms with Crippen molar-refractivity contribution in [3.63, 3.8) is 0 Å². The fourth-order valence-electron chi connectivity index (χ4n) is 3.29. The van der Waals surface area contributed by atoms with Gasteiger partial charge in [-0.25, -0.2) is 4.79 Å². The van der Waals surface area contributed by atoms with E-state index >= 15 is 0 Å². The monoisotopic (exact) mass is 392 g/mol. The highest BCUT2D eigenvalue weighted by molar-refractivity contribution is 7.80. The fraction of sp³-hybridized carbons (Fsp3) is 0.0500. The first kappa shape index (κ1) is 16.2. The molecule has 27 heavy (non-hydrogen) atoms. The minimum Gasteiger partial charge on any atom is -0.457 e. The van der Waals surface area contributed by atoms with Crippen LogP contribution in [0.3, 0.4) is 0 Å². The molecular weight excluding hydrogens is 380 g/mol. The van der Waals surface area contributed by atoms with Crippen molar-refractivity contribution in [2.24, 2.45) is 0 Å². The normalized spacial score (nSPS) is 17.2. The van der Waals surface area contributed by atoms with E-state index in [9.17, 15) is 9.59 Å². The topological polar surface area (TPSA) is 67.4 Å². The second kappa shape index (κ2) is 6.00. The zero-order valence-electron chi connectivity index (χ0n) is 13.9. The molecule has 132 valence electrons. The summed E-state index contributed by atoms with van der Waals surface area (Å²) in [6.07, 6.45) is 1.81. The van der Waals surface area contributed by atoms with Gasteiger partial charge in [-0.15, -0.1) is 11.3 Å². The van der Waals surface area contributed by atoms with E-state index in [1.165, 1.54) is 0 Å². The van der Waals surface area contributed by atoms with E-state index in [2.05, 4.69) is 28.8 Å². The molecule has 2 aromatic carbocycles. The highest BCUT2D eigenvalue weighted by Crippen LogP contribution is 2.33. The van der Waals surface area contributed by atoms with Gasteiger partial charge in [0.25, 0.3) is 5.91 Å². The number of amides is 1. The lowest BCUT2D eigenvalue weighted by molar-refractivity contribution is -0.115. The van der Waals surface area contributed by atoms with Gasteiger partial charge in [-0.1, -0.05) is 12.1 Å². The van der Waals surface area contributed by atoms with Gasteiger partial charge in [-0.05, 0) is 64.6 Å². The number of thiophene rings is 1. The largest absolute Gasteiger partial charge is 0.457 e. The molecule has 0 saturated carbocycles. The second-order valence-electron chi connectivity index (χ2n) is 6.32. The summed E-state index contributed by atoms with van der Waals surface area (Å²) < 4.78 is 6.21. The number of hydrogen-bond donors (Lipinski definition) is 2. The van der Waals surface area contributed by atoms with Crippen LogP contribution in [0.2, 0.25) is 0 Å². The molecule has 1 aromatic heterocycles. The van der Waals surface area contributed by atoms with Gasteiger partial charge in [0.15, 0.2) is 5.11 Å². The summed E-state index contributed by atoms with van der Waals surface area (Å²) in [5.41, 5.74) is 5.01. The number of esters is 1. The van der Waals surface area contributed by atoms with Crippen molar-refractivity contribution in [1.82, 2.24) is 10.6 Å². The fourth-order valence-corrected chi connectivity index (χ4v) is 4.39. The molecule has 5 nitrogen and oxygen atoms in total. The predicted octanol–water partition coefficient (Wildman–Crippen LogP) is 3.58. The molecule has 0 spiro atoms. The van der Waals surface area contributed by atoms with Crippen LogP contribution in [0.1, 0.15) is 21.5 Å². The minimum atomic E-state index is -0.265. The molecule has 2 aliphatic rings. The maximum atomic E-state index is 11.9. The first-order valence-electron chi connectivity index (χ1n) is 8.24. The van der Waals surface area contributed by atoms with Crippen LogP contribution < -0.4 is 10.6 Å². The van der Waals surface area contributed by atoms with Crippen LogP contribution in [0.15, 0.2) is 47.5 Å². The molecule has 1 saturated heterocycles. The molecule has 1 amide bonds. The van der Waals surface area contributed by atoms with Crippen LogP contribution in [-0.4, -0.2) is 17.0 Å². The number of hydrogen-bond acceptors (Lipinski definition) is 5. The van der Waals surface area contributed by atoms with Crippen LogP contribution in [0.5, 0.6) is 0 Å². The van der Waals surface area contributed by atoms with E-state index in [1.807, 2.05) is 29.7 Å². The van der Waals surface area contributed by atoms with E-state index in [0.29, 0.717) is 23.0 Å². The van der Waals surface area contributed by atoms with Crippen LogP contribution in [0.25, 0.3) is 27.3 Å². The van der Waals surface area contributed by atoms with Gasteiger partial charge < -0.3 is 10.1 Å². The number of nitrogens with one attached hydrogen (secondary N) is 2. The van der Waals surface area contributed by atoms with Crippen molar-refractivity contribution in [1.29, 1.82) is 0 Å². The SMILES string of the molecule is O=C1NC(=S)N/C1=C\c1csc2ccc(-c3ccc4c(c3)COC4=O)cc12. The molecule has 0 radical (unpaired) electrons. The molecule has 0 atom stereocenters. The number of ether oxygens (including phenoxy) is 1. The average molecular weight is 392 g/mol. The lowest BCUT2D eigenvalue weighted by Gasteiger charge is -2.05. The third kappa shape index (κ3) is 2.72. The molecule has 0 unspecified atom stereocenters. The van der Waals surface area contributed by atoms with Crippen molar-refractivity contribution < 1.29 is 14.3 Å². The van der Waals surface area contributed by atoms with Crippen LogP contribution in [-0.2, 0) is 16.1 Å². The van der Waals surface area contributed by atoms with E-state index < -0.39 is 0 Å². The summed E-state index contributed by atoms with van der Waals surface area (Å²) >= 11 is 6.60. The van der Waals surface area contributed by atoms with Crippen molar-refractivity contribution in [2.45, 2.75) is 6.61 Å². The summed E-state index contributed by atoms with van der Waals surface area (Å²) in [4.78, 5) is 23.5. The van der Waals surface area contributed by atoms with Gasteiger partial charge in [0, 0.05) is 15.6 Å². The second-order valence-corrected chi connectivity index (χ2v) is 7.64. The highest BCUT2D eigenvalue weighted by atomic mass is 32.1. The van der Waals surface area contributed by atoms with Crippen molar-refractivity contribution in [3.05, 3.63) is 64.2 Å². The molecule has 1 fully saturated rings. The number of benzene rings is 2. The Bertz CT molecular complexity index is 1190. The van der Waals surface area contributed by atoms with Gasteiger partial charge in [0.1, 0.15) is 12.3 Å². The zero-order valence-corrected chi connectivity index (χ0v) is 15.5. The maximum Gasteiger partial charge on any atom is 0.338 e. The Morgan fingerprint density at radius 1 is 1.07 bits per heavy atom. The highest BCUT2D eigenvalue weighted by Gasteiger charge is 2.22. The summed E-state index contributed by atoms with van der Waals surface area (Å²) in [5, 5.41) is 8.85. The molecule has 7 heteroatoms. The summed E-state index contributed by atoms with van der Waals surface area (Å²) in [6, 6.07) is 12.0. The Hall–Kier alpha value is -3.03. The van der Waals surface area contributed by atoms with E-state index in [1.54, 1.807) is 11.3 Å². The molecule has 2 aliphatic heterocycles. The molecule has 0 aliphatic carbocycles. The average Bonchev–Trinajstić information content (AvgIpc) is 3.33. The number of thiocarbonyl (C=S) groups is 1. The number of cyclic esters (lactones) is 1. The molecular formula is C20H12N2O3S2. The third-order valence-corrected chi connectivity index (χ3v) is 5.83. The lowest BCUT2D eigenvalue weighted by atomic mass is 9.99. The Morgan fingerprint density at radius 2 is 1.89 bits per heavy atom. The Balaban J connectivity index is 1.58. The predicted molar refractivity (Wildman–Crippen MR) is 108 cm³/mol. The number of fused-ring (bicyclic) bond motifs is 2. The van der Waals surface area contributed by atoms with Crippen LogP contribution >= 0.6 is 23.6 Å². The Morgan fingerprint density at radius 3 is 2.70 bits per heavy atom. The van der Waals surface area contributed by atoms with E-state index in [-0.39, 0.29) is 11.9 Å². The lowest BCUT2D eigenvalue weighted by Crippen LogP contribution is -2.21. The molecule has 0 bridgehead atoms. The first-order chi connectivity index (χ1) is 13.1. The van der Waals surface area contributed by atoms with E-state index in [0.717, 1.165) is 32.3 Å².